The molecule has 14 heavy (non-hydrogen) atoms. The minimum absolute atomic E-state index is 0.0326. The van der Waals surface area contributed by atoms with Gasteiger partial charge < -0.3 is 5.73 Å². The van der Waals surface area contributed by atoms with Gasteiger partial charge in [-0.2, -0.15) is 9.97 Å². The lowest BCUT2D eigenvalue weighted by Gasteiger charge is -1.95. The number of nitrogens with one attached hydrogen (secondary N) is 1. The third-order valence-electron chi connectivity index (χ3n) is 1.52. The van der Waals surface area contributed by atoms with Crippen molar-refractivity contribution in [1.29, 1.82) is 0 Å². The second-order valence-corrected chi connectivity index (χ2v) is 3.84. The summed E-state index contributed by atoms with van der Waals surface area (Å²) in [5, 5.41) is 0.901. The van der Waals surface area contributed by atoms with Crippen molar-refractivity contribution in [3.63, 3.8) is 0 Å². The molecule has 2 aromatic rings. The van der Waals surface area contributed by atoms with Crippen molar-refractivity contribution in [2.24, 2.45) is 0 Å². The number of nitrogens with zero attached hydrogens (tertiary/aromatic N) is 3. The lowest BCUT2D eigenvalue weighted by atomic mass is 10.5. The highest BCUT2D eigenvalue weighted by atomic mass is 32.1. The number of aromatic nitrogens is 4. The molecule has 0 aliphatic rings. The van der Waals surface area contributed by atoms with Crippen molar-refractivity contribution in [2.75, 3.05) is 5.73 Å². The highest BCUT2D eigenvalue weighted by molar-refractivity contribution is 7.14. The highest BCUT2D eigenvalue weighted by Gasteiger charge is 2.05. The first kappa shape index (κ1) is 8.82. The van der Waals surface area contributed by atoms with Crippen LogP contribution in [0.15, 0.2) is 11.0 Å². The molecular formula is C7H7N5OS. The Labute approximate surface area is 82.9 Å². The molecule has 2 rings (SSSR count). The Morgan fingerprint density at radius 3 is 2.86 bits per heavy atom. The Morgan fingerprint density at radius 1 is 1.50 bits per heavy atom. The summed E-state index contributed by atoms with van der Waals surface area (Å²) in [7, 11) is 0. The fraction of sp³-hybridized carbons (Fsp3) is 0.143. The highest BCUT2D eigenvalue weighted by Crippen LogP contribution is 2.21. The standard InChI is InChI=1S/C7H7N5OS/c1-3-9-2-4(14-3)5-10-6(8)12-7(13)11-5/h2H,1H3,(H3,8,10,11,12,13). The topological polar surface area (TPSA) is 97.5 Å². The van der Waals surface area contributed by atoms with Crippen LogP contribution in [0.1, 0.15) is 5.01 Å². The second-order valence-electron chi connectivity index (χ2n) is 2.60. The summed E-state index contributed by atoms with van der Waals surface area (Å²) in [5.41, 5.74) is 4.84. The number of hydrogen-bond acceptors (Lipinski definition) is 6. The fourth-order valence-electron chi connectivity index (χ4n) is 0.988. The van der Waals surface area contributed by atoms with Crippen LogP contribution in [0.4, 0.5) is 5.95 Å². The molecule has 0 radical (unpaired) electrons. The van der Waals surface area contributed by atoms with Gasteiger partial charge in [-0.05, 0) is 6.92 Å². The lowest BCUT2D eigenvalue weighted by Crippen LogP contribution is -2.15. The summed E-state index contributed by atoms with van der Waals surface area (Å²) in [6.45, 7) is 1.87. The molecule has 0 spiro atoms. The molecule has 6 nitrogen and oxygen atoms in total. The molecule has 7 heteroatoms. The van der Waals surface area contributed by atoms with Crippen LogP contribution in [0, 0.1) is 6.92 Å². The van der Waals surface area contributed by atoms with E-state index in [2.05, 4.69) is 19.9 Å². The van der Waals surface area contributed by atoms with Crippen LogP contribution < -0.4 is 11.4 Å². The van der Waals surface area contributed by atoms with Crippen LogP contribution >= 0.6 is 11.3 Å². The van der Waals surface area contributed by atoms with Gasteiger partial charge in [0, 0.05) is 6.20 Å². The predicted octanol–water partition coefficient (Wildman–Crippen LogP) is 0.179. The molecule has 0 saturated carbocycles. The van der Waals surface area contributed by atoms with Crippen LogP contribution in [0.5, 0.6) is 0 Å². The van der Waals surface area contributed by atoms with E-state index in [1.165, 1.54) is 11.3 Å². The molecule has 0 unspecified atom stereocenters. The summed E-state index contributed by atoms with van der Waals surface area (Å²) in [6, 6.07) is 0. The van der Waals surface area contributed by atoms with Gasteiger partial charge in [0.1, 0.15) is 0 Å². The van der Waals surface area contributed by atoms with E-state index in [1.54, 1.807) is 6.20 Å². The normalized spacial score (nSPS) is 10.4. The molecular weight excluding hydrogens is 202 g/mol. The van der Waals surface area contributed by atoms with E-state index in [4.69, 9.17) is 5.73 Å². The third kappa shape index (κ3) is 1.62. The zero-order chi connectivity index (χ0) is 10.1. The Bertz CT molecular complexity index is 517. The number of rotatable bonds is 1. The van der Waals surface area contributed by atoms with Gasteiger partial charge in [-0.3, -0.25) is 4.98 Å². The Hall–Kier alpha value is -1.76. The summed E-state index contributed by atoms with van der Waals surface area (Å²) >= 11 is 1.43. The maximum atomic E-state index is 11.0. The van der Waals surface area contributed by atoms with Gasteiger partial charge in [0.25, 0.3) is 0 Å². The van der Waals surface area contributed by atoms with E-state index in [0.29, 0.717) is 5.82 Å². The molecule has 2 aromatic heterocycles. The molecule has 0 atom stereocenters. The SMILES string of the molecule is Cc1ncc(-c2nc(N)nc(=O)[nH]2)s1. The van der Waals surface area contributed by atoms with Crippen LogP contribution in [-0.2, 0) is 0 Å². The number of H-pyrrole nitrogens is 1. The zero-order valence-corrected chi connectivity index (χ0v) is 8.13. The maximum Gasteiger partial charge on any atom is 0.349 e. The van der Waals surface area contributed by atoms with Gasteiger partial charge in [0.05, 0.1) is 9.88 Å². The Morgan fingerprint density at radius 2 is 2.29 bits per heavy atom. The Kier molecular flexibility index (Phi) is 2.01. The van der Waals surface area contributed by atoms with Gasteiger partial charge in [-0.15, -0.1) is 11.3 Å². The maximum absolute atomic E-state index is 11.0. The first-order chi connectivity index (χ1) is 6.65. The smallest absolute Gasteiger partial charge is 0.349 e. The lowest BCUT2D eigenvalue weighted by molar-refractivity contribution is 1.01. The van der Waals surface area contributed by atoms with E-state index in [9.17, 15) is 4.79 Å². The molecule has 0 saturated heterocycles. The van der Waals surface area contributed by atoms with Gasteiger partial charge >= 0.3 is 5.69 Å². The monoisotopic (exact) mass is 209 g/mol. The van der Waals surface area contributed by atoms with Crippen LogP contribution in [-0.4, -0.2) is 19.9 Å². The molecule has 0 fully saturated rings. The molecule has 3 N–H and O–H groups in total. The predicted molar refractivity (Wildman–Crippen MR) is 52.9 cm³/mol. The second kappa shape index (κ2) is 3.18. The number of aromatic amines is 1. The van der Waals surface area contributed by atoms with E-state index < -0.39 is 5.69 Å². The molecule has 2 heterocycles. The van der Waals surface area contributed by atoms with E-state index in [1.807, 2.05) is 6.92 Å². The van der Waals surface area contributed by atoms with Crippen molar-refractivity contribution < 1.29 is 0 Å². The van der Waals surface area contributed by atoms with E-state index in [-0.39, 0.29) is 5.95 Å². The van der Waals surface area contributed by atoms with Gasteiger partial charge in [0.15, 0.2) is 5.82 Å². The first-order valence-electron chi connectivity index (χ1n) is 3.82. The average molecular weight is 209 g/mol. The van der Waals surface area contributed by atoms with Crippen molar-refractivity contribution in [3.8, 4) is 10.7 Å². The quantitative estimate of drug-likeness (QED) is 0.698. The summed E-state index contributed by atoms with van der Waals surface area (Å²) in [4.78, 5) is 25.6. The largest absolute Gasteiger partial charge is 0.368 e. The molecule has 0 bridgehead atoms. The van der Waals surface area contributed by atoms with Crippen LogP contribution in [0.2, 0.25) is 0 Å². The number of anilines is 1. The minimum atomic E-state index is -0.501. The molecule has 0 aliphatic carbocycles. The summed E-state index contributed by atoms with van der Waals surface area (Å²) in [6.07, 6.45) is 1.64. The number of aryl methyl sites for hydroxylation is 1. The Balaban J connectivity index is 2.56. The molecule has 72 valence electrons. The molecule has 0 amide bonds. The van der Waals surface area contributed by atoms with Gasteiger partial charge in [0.2, 0.25) is 5.95 Å². The van der Waals surface area contributed by atoms with Crippen molar-refractivity contribution in [3.05, 3.63) is 21.7 Å². The van der Waals surface area contributed by atoms with Gasteiger partial charge in [-0.1, -0.05) is 0 Å². The first-order valence-corrected chi connectivity index (χ1v) is 4.63. The number of nitrogens with two attached hydrogens (primary N) is 1. The number of thiazole rings is 1. The van der Waals surface area contributed by atoms with Crippen molar-refractivity contribution in [2.45, 2.75) is 6.92 Å². The third-order valence-corrected chi connectivity index (χ3v) is 2.44. The average Bonchev–Trinajstić information content (AvgIpc) is 2.50. The molecule has 0 aliphatic heterocycles. The fourth-order valence-corrected chi connectivity index (χ4v) is 1.71. The van der Waals surface area contributed by atoms with Crippen LogP contribution in [0.3, 0.4) is 0 Å². The zero-order valence-electron chi connectivity index (χ0n) is 7.31. The minimum Gasteiger partial charge on any atom is -0.368 e. The summed E-state index contributed by atoms with van der Waals surface area (Å²) < 4.78 is 0. The number of nitrogen functional groups attached to an aromatic ring is 1. The van der Waals surface area contributed by atoms with Crippen LogP contribution in [0.25, 0.3) is 10.7 Å². The van der Waals surface area contributed by atoms with Crippen molar-refractivity contribution in [1.82, 2.24) is 19.9 Å². The van der Waals surface area contributed by atoms with E-state index >= 15 is 0 Å². The van der Waals surface area contributed by atoms with Crippen molar-refractivity contribution >= 4 is 17.3 Å². The number of hydrogen-bond donors (Lipinski definition) is 2. The van der Waals surface area contributed by atoms with Gasteiger partial charge in [-0.25, -0.2) is 9.78 Å². The van der Waals surface area contributed by atoms with E-state index in [0.717, 1.165) is 9.88 Å². The molecule has 0 aromatic carbocycles. The summed E-state index contributed by atoms with van der Waals surface area (Å²) in [5.74, 6) is 0.378.